The fourth-order valence-electron chi connectivity index (χ4n) is 1.41. The molecule has 0 radical (unpaired) electrons. The van der Waals surface area contributed by atoms with E-state index in [2.05, 4.69) is 4.72 Å². The minimum Gasteiger partial charge on any atom is -0.207 e. The van der Waals surface area contributed by atoms with Gasteiger partial charge in [-0.1, -0.05) is 18.2 Å². The van der Waals surface area contributed by atoms with E-state index in [1.54, 1.807) is 30.5 Å². The van der Waals surface area contributed by atoms with Crippen LogP contribution >= 0.6 is 11.3 Å². The lowest BCUT2D eigenvalue weighted by atomic mass is 10.1. The number of thiophene rings is 1. The fourth-order valence-corrected chi connectivity index (χ4v) is 3.47. The van der Waals surface area contributed by atoms with Crippen molar-refractivity contribution in [2.45, 2.75) is 17.7 Å². The summed E-state index contributed by atoms with van der Waals surface area (Å²) in [5.41, 5.74) is 1.14. The molecule has 1 aromatic carbocycles. The van der Waals surface area contributed by atoms with Crippen LogP contribution in [0.5, 0.6) is 0 Å². The van der Waals surface area contributed by atoms with Gasteiger partial charge in [0.05, 0.1) is 0 Å². The van der Waals surface area contributed by atoms with Crippen molar-refractivity contribution in [1.82, 2.24) is 4.72 Å². The van der Waals surface area contributed by atoms with E-state index in [9.17, 15) is 12.8 Å². The van der Waals surface area contributed by atoms with Crippen LogP contribution in [0.25, 0.3) is 0 Å². The van der Waals surface area contributed by atoms with Crippen LogP contribution < -0.4 is 4.72 Å². The zero-order valence-electron chi connectivity index (χ0n) is 9.68. The highest BCUT2D eigenvalue weighted by Gasteiger charge is 2.14. The van der Waals surface area contributed by atoms with Gasteiger partial charge in [0, 0.05) is 6.54 Å². The summed E-state index contributed by atoms with van der Waals surface area (Å²) in [6.07, 6.45) is 0. The Morgan fingerprint density at radius 3 is 2.72 bits per heavy atom. The first-order valence-corrected chi connectivity index (χ1v) is 7.63. The van der Waals surface area contributed by atoms with Gasteiger partial charge in [-0.2, -0.15) is 0 Å². The van der Waals surface area contributed by atoms with E-state index in [1.165, 1.54) is 12.1 Å². The molecule has 0 fully saturated rings. The number of benzene rings is 1. The zero-order chi connectivity index (χ0) is 13.2. The van der Waals surface area contributed by atoms with E-state index in [-0.39, 0.29) is 16.6 Å². The predicted molar refractivity (Wildman–Crippen MR) is 69.5 cm³/mol. The molecule has 0 aliphatic carbocycles. The normalized spacial score (nSPS) is 11.7. The van der Waals surface area contributed by atoms with Gasteiger partial charge in [-0.05, 0) is 35.6 Å². The lowest BCUT2D eigenvalue weighted by Crippen LogP contribution is -2.22. The van der Waals surface area contributed by atoms with Crippen LogP contribution in [-0.4, -0.2) is 8.42 Å². The highest BCUT2D eigenvalue weighted by Crippen LogP contribution is 2.16. The van der Waals surface area contributed by atoms with Crippen LogP contribution in [-0.2, 0) is 16.6 Å². The standard InChI is InChI=1S/C12H12FNO2S2/c1-9-4-5-10(7-11(9)13)8-14-18(15,16)12-3-2-6-17-12/h2-7,14H,8H2,1H3. The van der Waals surface area contributed by atoms with Crippen molar-refractivity contribution in [1.29, 1.82) is 0 Å². The SMILES string of the molecule is Cc1ccc(CNS(=O)(=O)c2cccs2)cc1F. The molecule has 0 aliphatic heterocycles. The number of hydrogen-bond donors (Lipinski definition) is 1. The third-order valence-corrected chi connectivity index (χ3v) is 5.26. The van der Waals surface area contributed by atoms with Crippen LogP contribution in [0.3, 0.4) is 0 Å². The molecule has 0 saturated carbocycles. The van der Waals surface area contributed by atoms with E-state index < -0.39 is 10.0 Å². The molecule has 0 amide bonds. The van der Waals surface area contributed by atoms with E-state index in [0.717, 1.165) is 11.3 Å². The number of sulfonamides is 1. The minimum atomic E-state index is -3.49. The average Bonchev–Trinajstić information content (AvgIpc) is 2.85. The van der Waals surface area contributed by atoms with Crippen molar-refractivity contribution in [2.75, 3.05) is 0 Å². The monoisotopic (exact) mass is 285 g/mol. The topological polar surface area (TPSA) is 46.2 Å². The molecule has 2 aromatic rings. The maximum absolute atomic E-state index is 13.3. The van der Waals surface area contributed by atoms with E-state index in [1.807, 2.05) is 0 Å². The molecule has 0 spiro atoms. The van der Waals surface area contributed by atoms with Crippen LogP contribution in [0.1, 0.15) is 11.1 Å². The van der Waals surface area contributed by atoms with Gasteiger partial charge in [-0.15, -0.1) is 11.3 Å². The molecule has 1 N–H and O–H groups in total. The second-order valence-electron chi connectivity index (χ2n) is 3.84. The fraction of sp³-hybridized carbons (Fsp3) is 0.167. The smallest absolute Gasteiger partial charge is 0.207 e. The van der Waals surface area contributed by atoms with Crippen molar-refractivity contribution < 1.29 is 12.8 Å². The molecule has 96 valence electrons. The molecular weight excluding hydrogens is 273 g/mol. The Labute approximate surface area is 109 Å². The molecular formula is C12H12FNO2S2. The molecule has 1 aromatic heterocycles. The number of aryl methyl sites for hydroxylation is 1. The number of halogens is 1. The van der Waals surface area contributed by atoms with Crippen molar-refractivity contribution in [2.24, 2.45) is 0 Å². The largest absolute Gasteiger partial charge is 0.250 e. The molecule has 0 unspecified atom stereocenters. The summed E-state index contributed by atoms with van der Waals surface area (Å²) in [7, 11) is -3.49. The molecule has 0 atom stereocenters. The highest BCUT2D eigenvalue weighted by atomic mass is 32.2. The summed E-state index contributed by atoms with van der Waals surface area (Å²) < 4.78 is 39.6. The van der Waals surface area contributed by atoms with Crippen LogP contribution in [0.15, 0.2) is 39.9 Å². The Morgan fingerprint density at radius 1 is 1.33 bits per heavy atom. The second kappa shape index (κ2) is 5.17. The highest BCUT2D eigenvalue weighted by molar-refractivity contribution is 7.91. The minimum absolute atomic E-state index is 0.0808. The van der Waals surface area contributed by atoms with Crippen molar-refractivity contribution in [3.63, 3.8) is 0 Å². The lowest BCUT2D eigenvalue weighted by molar-refractivity contribution is 0.582. The molecule has 1 heterocycles. The molecule has 3 nitrogen and oxygen atoms in total. The summed E-state index contributed by atoms with van der Waals surface area (Å²) in [5, 5.41) is 1.69. The van der Waals surface area contributed by atoms with Crippen LogP contribution in [0.4, 0.5) is 4.39 Å². The summed E-state index contributed by atoms with van der Waals surface area (Å²) in [4.78, 5) is 0. The molecule has 0 aliphatic rings. The molecule has 2 rings (SSSR count). The van der Waals surface area contributed by atoms with Gasteiger partial charge in [0.25, 0.3) is 0 Å². The summed E-state index contributed by atoms with van der Waals surface area (Å²) >= 11 is 1.15. The number of rotatable bonds is 4. The lowest BCUT2D eigenvalue weighted by Gasteiger charge is -2.06. The first-order valence-electron chi connectivity index (χ1n) is 5.27. The van der Waals surface area contributed by atoms with Crippen LogP contribution in [0.2, 0.25) is 0 Å². The molecule has 0 bridgehead atoms. The second-order valence-corrected chi connectivity index (χ2v) is 6.78. The third-order valence-electron chi connectivity index (χ3n) is 2.46. The summed E-state index contributed by atoms with van der Waals surface area (Å²) in [6.45, 7) is 1.74. The number of nitrogens with one attached hydrogen (secondary N) is 1. The Hall–Kier alpha value is -1.24. The maximum atomic E-state index is 13.3. The van der Waals surface area contributed by atoms with Gasteiger partial charge in [-0.3, -0.25) is 0 Å². The first-order chi connectivity index (χ1) is 8.49. The number of hydrogen-bond acceptors (Lipinski definition) is 3. The van der Waals surface area contributed by atoms with E-state index in [4.69, 9.17) is 0 Å². The summed E-state index contributed by atoms with van der Waals surface area (Å²) in [5.74, 6) is -0.331. The van der Waals surface area contributed by atoms with Crippen molar-refractivity contribution in [3.8, 4) is 0 Å². The van der Waals surface area contributed by atoms with Gasteiger partial charge in [0.1, 0.15) is 10.0 Å². The molecule has 18 heavy (non-hydrogen) atoms. The Morgan fingerprint density at radius 2 is 2.11 bits per heavy atom. The van der Waals surface area contributed by atoms with E-state index >= 15 is 0 Å². The predicted octanol–water partition coefficient (Wildman–Crippen LogP) is 2.67. The van der Waals surface area contributed by atoms with E-state index in [0.29, 0.717) is 11.1 Å². The molecule has 0 saturated heterocycles. The zero-order valence-corrected chi connectivity index (χ0v) is 11.3. The van der Waals surface area contributed by atoms with Gasteiger partial charge < -0.3 is 0 Å². The van der Waals surface area contributed by atoms with Gasteiger partial charge in [-0.25, -0.2) is 17.5 Å². The Balaban J connectivity index is 2.10. The van der Waals surface area contributed by atoms with Crippen molar-refractivity contribution in [3.05, 3.63) is 52.7 Å². The van der Waals surface area contributed by atoms with Gasteiger partial charge in [0.2, 0.25) is 10.0 Å². The Kier molecular flexibility index (Phi) is 3.79. The van der Waals surface area contributed by atoms with Gasteiger partial charge in [0.15, 0.2) is 0 Å². The van der Waals surface area contributed by atoms with Gasteiger partial charge >= 0.3 is 0 Å². The summed E-state index contributed by atoms with van der Waals surface area (Å²) in [6, 6.07) is 7.87. The third kappa shape index (κ3) is 2.95. The quantitative estimate of drug-likeness (QED) is 0.938. The molecule has 6 heteroatoms. The Bertz CT molecular complexity index is 636. The van der Waals surface area contributed by atoms with Crippen molar-refractivity contribution >= 4 is 21.4 Å². The first kappa shape index (κ1) is 13.2. The average molecular weight is 285 g/mol. The maximum Gasteiger partial charge on any atom is 0.250 e. The van der Waals surface area contributed by atoms with Crippen LogP contribution in [0, 0.1) is 12.7 Å².